The Balaban J connectivity index is 1.65. The predicted molar refractivity (Wildman–Crippen MR) is 60.4 cm³/mol. The average Bonchev–Trinajstić information content (AvgIpc) is 2.81. The molecule has 0 bridgehead atoms. The lowest BCUT2D eigenvalue weighted by molar-refractivity contribution is 0.447. The molecule has 0 aromatic carbocycles. The second-order valence-electron chi connectivity index (χ2n) is 5.65. The largest absolute Gasteiger partial charge is 0.313 e. The Morgan fingerprint density at radius 1 is 1.29 bits per heavy atom. The number of nitrogens with one attached hydrogen (secondary N) is 2. The van der Waals surface area contributed by atoms with E-state index in [1.165, 1.54) is 45.2 Å². The fourth-order valence-corrected chi connectivity index (χ4v) is 2.38. The Morgan fingerprint density at radius 2 is 2.07 bits per heavy atom. The van der Waals surface area contributed by atoms with Crippen molar-refractivity contribution in [2.45, 2.75) is 58.0 Å². The van der Waals surface area contributed by atoms with Crippen molar-refractivity contribution in [3.05, 3.63) is 0 Å². The van der Waals surface area contributed by atoms with Crippen molar-refractivity contribution in [2.24, 2.45) is 5.41 Å². The maximum atomic E-state index is 3.68. The maximum absolute atomic E-state index is 3.68. The van der Waals surface area contributed by atoms with Gasteiger partial charge in [0.25, 0.3) is 0 Å². The summed E-state index contributed by atoms with van der Waals surface area (Å²) in [4.78, 5) is 0. The Labute approximate surface area is 87.8 Å². The lowest BCUT2D eigenvalue weighted by atomic mass is 10.1. The Bertz CT molecular complexity index is 181. The minimum Gasteiger partial charge on any atom is -0.313 e. The third-order valence-corrected chi connectivity index (χ3v) is 3.79. The molecule has 1 aliphatic carbocycles. The minimum absolute atomic E-state index is 0.574. The SMILES string of the molecule is CC1(C)CC1NCC1CCCCCN1. The van der Waals surface area contributed by atoms with E-state index >= 15 is 0 Å². The van der Waals surface area contributed by atoms with Gasteiger partial charge in [-0.05, 0) is 31.2 Å². The number of rotatable bonds is 3. The molecule has 1 aliphatic heterocycles. The van der Waals surface area contributed by atoms with Gasteiger partial charge in [-0.25, -0.2) is 0 Å². The van der Waals surface area contributed by atoms with E-state index in [1.807, 2.05) is 0 Å². The summed E-state index contributed by atoms with van der Waals surface area (Å²) in [6.07, 6.45) is 6.91. The maximum Gasteiger partial charge on any atom is 0.0192 e. The smallest absolute Gasteiger partial charge is 0.0192 e. The van der Waals surface area contributed by atoms with Gasteiger partial charge in [0.05, 0.1) is 0 Å². The van der Waals surface area contributed by atoms with Gasteiger partial charge in [-0.2, -0.15) is 0 Å². The standard InChI is InChI=1S/C12H24N2/c1-12(2)8-11(12)14-9-10-6-4-3-5-7-13-10/h10-11,13-14H,3-9H2,1-2H3. The fourth-order valence-electron chi connectivity index (χ4n) is 2.38. The van der Waals surface area contributed by atoms with Gasteiger partial charge in [0, 0.05) is 18.6 Å². The summed E-state index contributed by atoms with van der Waals surface area (Å²) in [6.45, 7) is 7.10. The summed E-state index contributed by atoms with van der Waals surface area (Å²) in [6, 6.07) is 1.52. The molecule has 2 nitrogen and oxygen atoms in total. The molecular weight excluding hydrogens is 172 g/mol. The van der Waals surface area contributed by atoms with Crippen LogP contribution in [0.25, 0.3) is 0 Å². The van der Waals surface area contributed by atoms with Crippen molar-refractivity contribution in [3.63, 3.8) is 0 Å². The zero-order chi connectivity index (χ0) is 10.0. The van der Waals surface area contributed by atoms with E-state index in [0.717, 1.165) is 12.1 Å². The summed E-state index contributed by atoms with van der Waals surface area (Å²) >= 11 is 0. The van der Waals surface area contributed by atoms with Crippen LogP contribution in [0.5, 0.6) is 0 Å². The van der Waals surface area contributed by atoms with Gasteiger partial charge >= 0.3 is 0 Å². The zero-order valence-corrected chi connectivity index (χ0v) is 9.60. The van der Waals surface area contributed by atoms with E-state index < -0.39 is 0 Å². The molecule has 0 aromatic heterocycles. The van der Waals surface area contributed by atoms with Crippen molar-refractivity contribution in [3.8, 4) is 0 Å². The van der Waals surface area contributed by atoms with E-state index in [0.29, 0.717) is 5.41 Å². The van der Waals surface area contributed by atoms with Gasteiger partial charge < -0.3 is 10.6 Å². The van der Waals surface area contributed by atoms with Crippen LogP contribution in [0.3, 0.4) is 0 Å². The highest BCUT2D eigenvalue weighted by Gasteiger charge is 2.45. The van der Waals surface area contributed by atoms with Crippen LogP contribution in [0.15, 0.2) is 0 Å². The van der Waals surface area contributed by atoms with Gasteiger partial charge in [0.2, 0.25) is 0 Å². The Hall–Kier alpha value is -0.0800. The van der Waals surface area contributed by atoms with Gasteiger partial charge in [-0.15, -0.1) is 0 Å². The monoisotopic (exact) mass is 196 g/mol. The van der Waals surface area contributed by atoms with E-state index in [2.05, 4.69) is 24.5 Å². The van der Waals surface area contributed by atoms with Crippen LogP contribution in [-0.2, 0) is 0 Å². The van der Waals surface area contributed by atoms with Crippen molar-refractivity contribution in [2.75, 3.05) is 13.1 Å². The first-order valence-corrected chi connectivity index (χ1v) is 6.15. The lowest BCUT2D eigenvalue weighted by Gasteiger charge is -2.17. The first-order valence-electron chi connectivity index (χ1n) is 6.15. The summed E-state index contributed by atoms with van der Waals surface area (Å²) in [5.41, 5.74) is 0.574. The molecule has 2 heteroatoms. The molecule has 82 valence electrons. The second-order valence-corrected chi connectivity index (χ2v) is 5.65. The normalized spacial score (nSPS) is 36.4. The molecule has 1 heterocycles. The molecule has 2 atom stereocenters. The summed E-state index contributed by atoms with van der Waals surface area (Å²) in [7, 11) is 0. The van der Waals surface area contributed by atoms with Crippen LogP contribution in [0, 0.1) is 5.41 Å². The van der Waals surface area contributed by atoms with Crippen LogP contribution >= 0.6 is 0 Å². The lowest BCUT2D eigenvalue weighted by Crippen LogP contribution is -2.39. The first-order chi connectivity index (χ1) is 6.68. The van der Waals surface area contributed by atoms with Gasteiger partial charge in [-0.3, -0.25) is 0 Å². The number of hydrogen-bond donors (Lipinski definition) is 2. The predicted octanol–water partition coefficient (Wildman–Crippen LogP) is 1.91. The van der Waals surface area contributed by atoms with Crippen molar-refractivity contribution in [1.29, 1.82) is 0 Å². The van der Waals surface area contributed by atoms with Crippen molar-refractivity contribution < 1.29 is 0 Å². The third-order valence-electron chi connectivity index (χ3n) is 3.79. The molecule has 1 saturated heterocycles. The quantitative estimate of drug-likeness (QED) is 0.720. The van der Waals surface area contributed by atoms with Gasteiger partial charge in [0.1, 0.15) is 0 Å². The van der Waals surface area contributed by atoms with E-state index in [-0.39, 0.29) is 0 Å². The molecule has 2 N–H and O–H groups in total. The highest BCUT2D eigenvalue weighted by atomic mass is 15.0. The summed E-state index contributed by atoms with van der Waals surface area (Å²) < 4.78 is 0. The summed E-state index contributed by atoms with van der Waals surface area (Å²) in [5.74, 6) is 0. The fraction of sp³-hybridized carbons (Fsp3) is 1.00. The molecule has 14 heavy (non-hydrogen) atoms. The van der Waals surface area contributed by atoms with Crippen LogP contribution < -0.4 is 10.6 Å². The molecule has 0 spiro atoms. The Kier molecular flexibility index (Phi) is 3.13. The topological polar surface area (TPSA) is 24.1 Å². The van der Waals surface area contributed by atoms with Crippen LogP contribution in [0.1, 0.15) is 46.0 Å². The molecule has 1 saturated carbocycles. The van der Waals surface area contributed by atoms with Gasteiger partial charge in [-0.1, -0.05) is 26.7 Å². The van der Waals surface area contributed by atoms with E-state index in [4.69, 9.17) is 0 Å². The second kappa shape index (κ2) is 4.19. The van der Waals surface area contributed by atoms with Crippen LogP contribution in [-0.4, -0.2) is 25.2 Å². The zero-order valence-electron chi connectivity index (χ0n) is 9.60. The van der Waals surface area contributed by atoms with E-state index in [1.54, 1.807) is 0 Å². The summed E-state index contributed by atoms with van der Waals surface area (Å²) in [5, 5.41) is 7.31. The van der Waals surface area contributed by atoms with Gasteiger partial charge in [0.15, 0.2) is 0 Å². The van der Waals surface area contributed by atoms with E-state index in [9.17, 15) is 0 Å². The number of hydrogen-bond acceptors (Lipinski definition) is 2. The minimum atomic E-state index is 0.574. The highest BCUT2D eigenvalue weighted by Crippen LogP contribution is 2.44. The van der Waals surface area contributed by atoms with Crippen molar-refractivity contribution in [1.82, 2.24) is 10.6 Å². The molecule has 2 unspecified atom stereocenters. The van der Waals surface area contributed by atoms with Crippen molar-refractivity contribution >= 4 is 0 Å². The average molecular weight is 196 g/mol. The van der Waals surface area contributed by atoms with Crippen LogP contribution in [0.4, 0.5) is 0 Å². The van der Waals surface area contributed by atoms with Crippen LogP contribution in [0.2, 0.25) is 0 Å². The highest BCUT2D eigenvalue weighted by molar-refractivity contribution is 5.01. The molecule has 0 radical (unpaired) electrons. The molecule has 2 rings (SSSR count). The first kappa shape index (κ1) is 10.4. The molecule has 0 amide bonds. The molecule has 0 aromatic rings. The molecule has 2 aliphatic rings. The third kappa shape index (κ3) is 2.71. The molecular formula is C12H24N2. The Morgan fingerprint density at radius 3 is 2.79 bits per heavy atom. The molecule has 2 fully saturated rings.